The SMILES string of the molecule is CCCCc1ccc(-c2ccc(C(=O)OC)cc2)c(NC(=O)CCc2ccc(Cl)c(Cl)c2)c1. The molecule has 0 atom stereocenters. The van der Waals surface area contributed by atoms with E-state index in [2.05, 4.69) is 18.3 Å². The van der Waals surface area contributed by atoms with E-state index in [-0.39, 0.29) is 11.9 Å². The van der Waals surface area contributed by atoms with Crippen LogP contribution in [0.15, 0.2) is 60.7 Å². The van der Waals surface area contributed by atoms with E-state index in [0.717, 1.165) is 41.6 Å². The summed E-state index contributed by atoms with van der Waals surface area (Å²) >= 11 is 12.1. The highest BCUT2D eigenvalue weighted by atomic mass is 35.5. The van der Waals surface area contributed by atoms with E-state index in [1.54, 1.807) is 24.3 Å². The van der Waals surface area contributed by atoms with Crippen LogP contribution in [0.4, 0.5) is 5.69 Å². The Kier molecular flexibility index (Phi) is 8.93. The second-order valence-corrected chi connectivity index (χ2v) is 8.66. The molecule has 0 radical (unpaired) electrons. The molecule has 0 spiro atoms. The lowest BCUT2D eigenvalue weighted by Gasteiger charge is -2.14. The van der Waals surface area contributed by atoms with E-state index in [1.807, 2.05) is 30.3 Å². The summed E-state index contributed by atoms with van der Waals surface area (Å²) in [6.45, 7) is 2.16. The third kappa shape index (κ3) is 6.83. The highest BCUT2D eigenvalue weighted by Gasteiger charge is 2.12. The molecule has 172 valence electrons. The van der Waals surface area contributed by atoms with Gasteiger partial charge in [0.15, 0.2) is 0 Å². The van der Waals surface area contributed by atoms with Gasteiger partial charge in [-0.3, -0.25) is 4.79 Å². The number of halogens is 2. The molecule has 33 heavy (non-hydrogen) atoms. The molecule has 3 rings (SSSR count). The quantitative estimate of drug-likeness (QED) is 0.323. The van der Waals surface area contributed by atoms with Crippen molar-refractivity contribution in [3.8, 4) is 11.1 Å². The molecule has 3 aromatic rings. The average molecular weight is 484 g/mol. The Bertz CT molecular complexity index is 1130. The van der Waals surface area contributed by atoms with Crippen LogP contribution in [0.1, 0.15) is 47.7 Å². The first-order valence-electron chi connectivity index (χ1n) is 11.0. The number of hydrogen-bond acceptors (Lipinski definition) is 3. The summed E-state index contributed by atoms with van der Waals surface area (Å²) in [6, 6.07) is 18.7. The zero-order valence-corrected chi connectivity index (χ0v) is 20.3. The highest BCUT2D eigenvalue weighted by Crippen LogP contribution is 2.30. The number of carbonyl (C=O) groups excluding carboxylic acids is 2. The molecule has 0 saturated carbocycles. The van der Waals surface area contributed by atoms with E-state index < -0.39 is 0 Å². The first kappa shape index (κ1) is 24.8. The molecule has 0 saturated heterocycles. The first-order chi connectivity index (χ1) is 15.9. The average Bonchev–Trinajstić information content (AvgIpc) is 2.83. The molecule has 1 amide bonds. The number of rotatable bonds is 9. The Balaban J connectivity index is 1.80. The number of unbranched alkanes of at least 4 members (excludes halogenated alkanes) is 1. The van der Waals surface area contributed by atoms with Gasteiger partial charge in [-0.1, -0.05) is 66.9 Å². The fourth-order valence-electron chi connectivity index (χ4n) is 3.55. The second kappa shape index (κ2) is 11.9. The summed E-state index contributed by atoms with van der Waals surface area (Å²) in [5, 5.41) is 4.06. The van der Waals surface area contributed by atoms with E-state index in [4.69, 9.17) is 27.9 Å². The molecule has 1 N–H and O–H groups in total. The van der Waals surface area contributed by atoms with Crippen molar-refractivity contribution in [1.29, 1.82) is 0 Å². The van der Waals surface area contributed by atoms with Gasteiger partial charge in [-0.2, -0.15) is 0 Å². The summed E-state index contributed by atoms with van der Waals surface area (Å²) in [7, 11) is 1.36. The number of carbonyl (C=O) groups is 2. The van der Waals surface area contributed by atoms with Crippen LogP contribution in [0, 0.1) is 0 Å². The third-order valence-corrected chi connectivity index (χ3v) is 6.16. The lowest BCUT2D eigenvalue weighted by Crippen LogP contribution is -2.13. The maximum Gasteiger partial charge on any atom is 0.337 e. The summed E-state index contributed by atoms with van der Waals surface area (Å²) in [6.07, 6.45) is 4.00. The van der Waals surface area contributed by atoms with Crippen LogP contribution in [0.5, 0.6) is 0 Å². The largest absolute Gasteiger partial charge is 0.465 e. The smallest absolute Gasteiger partial charge is 0.337 e. The molecule has 6 heteroatoms. The fourth-order valence-corrected chi connectivity index (χ4v) is 3.87. The van der Waals surface area contributed by atoms with Crippen molar-refractivity contribution in [2.45, 2.75) is 39.0 Å². The summed E-state index contributed by atoms with van der Waals surface area (Å²) in [5.41, 5.74) is 5.17. The minimum Gasteiger partial charge on any atom is -0.465 e. The van der Waals surface area contributed by atoms with Gasteiger partial charge < -0.3 is 10.1 Å². The van der Waals surface area contributed by atoms with Gasteiger partial charge in [0.1, 0.15) is 0 Å². The Morgan fingerprint density at radius 2 is 1.58 bits per heavy atom. The number of esters is 1. The summed E-state index contributed by atoms with van der Waals surface area (Å²) in [4.78, 5) is 24.5. The van der Waals surface area contributed by atoms with Gasteiger partial charge >= 0.3 is 5.97 Å². The van der Waals surface area contributed by atoms with Crippen molar-refractivity contribution in [3.05, 3.63) is 87.4 Å². The number of ether oxygens (including phenoxy) is 1. The van der Waals surface area contributed by atoms with Crippen LogP contribution in [0.3, 0.4) is 0 Å². The predicted molar refractivity (Wildman–Crippen MR) is 135 cm³/mol. The molecule has 0 unspecified atom stereocenters. The topological polar surface area (TPSA) is 55.4 Å². The van der Waals surface area contributed by atoms with Crippen molar-refractivity contribution in [1.82, 2.24) is 0 Å². The van der Waals surface area contributed by atoms with Crippen LogP contribution in [-0.4, -0.2) is 19.0 Å². The zero-order valence-electron chi connectivity index (χ0n) is 18.8. The number of nitrogens with one attached hydrogen (secondary N) is 1. The third-order valence-electron chi connectivity index (χ3n) is 5.42. The number of anilines is 1. The van der Waals surface area contributed by atoms with Crippen molar-refractivity contribution >= 4 is 40.8 Å². The highest BCUT2D eigenvalue weighted by molar-refractivity contribution is 6.42. The Morgan fingerprint density at radius 1 is 0.879 bits per heavy atom. The van der Waals surface area contributed by atoms with Crippen LogP contribution >= 0.6 is 23.2 Å². The van der Waals surface area contributed by atoms with E-state index in [0.29, 0.717) is 28.5 Å². The molecular formula is C27H27Cl2NO3. The van der Waals surface area contributed by atoms with E-state index >= 15 is 0 Å². The molecule has 0 aliphatic rings. The van der Waals surface area contributed by atoms with Gasteiger partial charge in [-0.05, 0) is 66.3 Å². The fraction of sp³-hybridized carbons (Fsp3) is 0.259. The molecule has 0 aromatic heterocycles. The van der Waals surface area contributed by atoms with Crippen LogP contribution in [0.25, 0.3) is 11.1 Å². The number of benzene rings is 3. The molecule has 3 aromatic carbocycles. The summed E-state index contributed by atoms with van der Waals surface area (Å²) < 4.78 is 4.78. The number of methoxy groups -OCH3 is 1. The predicted octanol–water partition coefficient (Wildman–Crippen LogP) is 7.36. The number of hydrogen-bond donors (Lipinski definition) is 1. The Hall–Kier alpha value is -2.82. The number of aryl methyl sites for hydroxylation is 2. The van der Waals surface area contributed by atoms with Crippen LogP contribution in [-0.2, 0) is 22.4 Å². The van der Waals surface area contributed by atoms with Crippen LogP contribution in [0.2, 0.25) is 10.0 Å². The van der Waals surface area contributed by atoms with Crippen molar-refractivity contribution < 1.29 is 14.3 Å². The monoisotopic (exact) mass is 483 g/mol. The van der Waals surface area contributed by atoms with Crippen molar-refractivity contribution in [2.75, 3.05) is 12.4 Å². The molecular weight excluding hydrogens is 457 g/mol. The lowest BCUT2D eigenvalue weighted by atomic mass is 9.98. The van der Waals surface area contributed by atoms with Gasteiger partial charge in [-0.15, -0.1) is 0 Å². The van der Waals surface area contributed by atoms with Gasteiger partial charge in [0, 0.05) is 17.7 Å². The van der Waals surface area contributed by atoms with Crippen molar-refractivity contribution in [3.63, 3.8) is 0 Å². The molecule has 0 aliphatic heterocycles. The van der Waals surface area contributed by atoms with Gasteiger partial charge in [0.25, 0.3) is 0 Å². The van der Waals surface area contributed by atoms with E-state index in [9.17, 15) is 9.59 Å². The summed E-state index contributed by atoms with van der Waals surface area (Å²) in [5.74, 6) is -0.464. The molecule has 0 aliphatic carbocycles. The van der Waals surface area contributed by atoms with Crippen molar-refractivity contribution in [2.24, 2.45) is 0 Å². The second-order valence-electron chi connectivity index (χ2n) is 7.85. The standard InChI is InChI=1S/C27H27Cl2NO3/c1-3-4-5-18-6-13-22(20-9-11-21(12-10-20)27(32)33-2)25(17-18)30-26(31)15-8-19-7-14-23(28)24(29)16-19/h6-7,9-14,16-17H,3-5,8,15H2,1-2H3,(H,30,31). The minimum atomic E-state index is -0.382. The van der Waals surface area contributed by atoms with Gasteiger partial charge in [-0.25, -0.2) is 4.79 Å². The molecule has 0 bridgehead atoms. The van der Waals surface area contributed by atoms with Gasteiger partial charge in [0.05, 0.1) is 22.7 Å². The lowest BCUT2D eigenvalue weighted by molar-refractivity contribution is -0.116. The molecule has 0 fully saturated rings. The zero-order chi connectivity index (χ0) is 23.8. The van der Waals surface area contributed by atoms with E-state index in [1.165, 1.54) is 12.7 Å². The maximum absolute atomic E-state index is 12.8. The number of amides is 1. The maximum atomic E-state index is 12.8. The van der Waals surface area contributed by atoms with Gasteiger partial charge in [0.2, 0.25) is 5.91 Å². The molecule has 0 heterocycles. The minimum absolute atomic E-state index is 0.0823. The first-order valence-corrected chi connectivity index (χ1v) is 11.7. The Labute approximate surface area is 204 Å². The van der Waals surface area contributed by atoms with Crippen LogP contribution < -0.4 is 5.32 Å². The Morgan fingerprint density at radius 3 is 2.24 bits per heavy atom. The normalized spacial score (nSPS) is 10.7. The molecule has 4 nitrogen and oxygen atoms in total.